The molecule has 6 nitrogen and oxygen atoms in total. The number of rotatable bonds is 4. The highest BCUT2D eigenvalue weighted by molar-refractivity contribution is 7.92. The van der Waals surface area contributed by atoms with E-state index in [4.69, 9.17) is 5.73 Å². The van der Waals surface area contributed by atoms with Crippen LogP contribution in [0.15, 0.2) is 46.2 Å². The van der Waals surface area contributed by atoms with Gasteiger partial charge in [0.1, 0.15) is 0 Å². The van der Waals surface area contributed by atoms with Gasteiger partial charge in [-0.3, -0.25) is 9.52 Å². The van der Waals surface area contributed by atoms with Gasteiger partial charge < -0.3 is 10.3 Å². The Kier molecular flexibility index (Phi) is 4.04. The fraction of sp³-hybridized carbons (Fsp3) is 0.214. The number of benzene rings is 1. The Hall–Kier alpha value is -2.28. The van der Waals surface area contributed by atoms with Gasteiger partial charge in [-0.15, -0.1) is 0 Å². The monoisotopic (exact) mass is 307 g/mol. The molecule has 0 bridgehead atoms. The lowest BCUT2D eigenvalue weighted by Gasteiger charge is -2.11. The minimum absolute atomic E-state index is 0.0832. The lowest BCUT2D eigenvalue weighted by atomic mass is 10.2. The molecular weight excluding hydrogens is 290 g/mol. The molecule has 1 aromatic carbocycles. The zero-order chi connectivity index (χ0) is 15.6. The summed E-state index contributed by atoms with van der Waals surface area (Å²) in [7, 11) is -3.74. The normalized spacial score (nSPS) is 11.3. The van der Waals surface area contributed by atoms with Gasteiger partial charge in [-0.05, 0) is 37.6 Å². The number of nitrogen functional groups attached to an aromatic ring is 1. The number of aryl methyl sites for hydroxylation is 2. The maximum Gasteiger partial charge on any atom is 0.262 e. The van der Waals surface area contributed by atoms with Gasteiger partial charge >= 0.3 is 0 Å². The predicted octanol–water partition coefficient (Wildman–Crippen LogP) is 1.56. The third-order valence-electron chi connectivity index (χ3n) is 3.14. The summed E-state index contributed by atoms with van der Waals surface area (Å²) >= 11 is 0. The Morgan fingerprint density at radius 1 is 1.24 bits per heavy atom. The van der Waals surface area contributed by atoms with Crippen LogP contribution in [0.4, 0.5) is 11.4 Å². The molecule has 1 aromatic heterocycles. The number of nitrogens with two attached hydrogens (primary N) is 1. The second-order valence-electron chi connectivity index (χ2n) is 4.67. The molecule has 0 aliphatic carbocycles. The van der Waals surface area contributed by atoms with Gasteiger partial charge in [-0.25, -0.2) is 8.42 Å². The smallest absolute Gasteiger partial charge is 0.262 e. The van der Waals surface area contributed by atoms with Gasteiger partial charge in [-0.2, -0.15) is 0 Å². The number of nitrogens with one attached hydrogen (secondary N) is 1. The van der Waals surface area contributed by atoms with Gasteiger partial charge in [0.25, 0.3) is 15.6 Å². The molecule has 2 rings (SSSR count). The van der Waals surface area contributed by atoms with Crippen molar-refractivity contribution in [2.75, 3.05) is 10.5 Å². The van der Waals surface area contributed by atoms with Crippen LogP contribution in [0.25, 0.3) is 0 Å². The summed E-state index contributed by atoms with van der Waals surface area (Å²) in [6.45, 7) is 4.07. The van der Waals surface area contributed by atoms with E-state index in [1.165, 1.54) is 35.0 Å². The third-order valence-corrected chi connectivity index (χ3v) is 4.52. The molecule has 0 aliphatic heterocycles. The quantitative estimate of drug-likeness (QED) is 0.838. The second-order valence-corrected chi connectivity index (χ2v) is 6.35. The summed E-state index contributed by atoms with van der Waals surface area (Å²) in [6, 6.07) is 7.31. The van der Waals surface area contributed by atoms with Crippen molar-refractivity contribution in [3.63, 3.8) is 0 Å². The van der Waals surface area contributed by atoms with E-state index in [0.29, 0.717) is 17.9 Å². The Labute approximate surface area is 123 Å². The zero-order valence-corrected chi connectivity index (χ0v) is 12.6. The Bertz CT molecular complexity index is 826. The van der Waals surface area contributed by atoms with Gasteiger partial charge in [-0.1, -0.05) is 6.07 Å². The van der Waals surface area contributed by atoms with Crippen molar-refractivity contribution in [3.05, 3.63) is 52.4 Å². The lowest BCUT2D eigenvalue weighted by molar-refractivity contribution is 0.601. The van der Waals surface area contributed by atoms with Crippen LogP contribution in [0, 0.1) is 6.92 Å². The minimum Gasteiger partial charge on any atom is -0.398 e. The average Bonchev–Trinajstić information content (AvgIpc) is 2.43. The first-order chi connectivity index (χ1) is 9.83. The van der Waals surface area contributed by atoms with E-state index >= 15 is 0 Å². The summed E-state index contributed by atoms with van der Waals surface area (Å²) in [5.74, 6) is 0. The van der Waals surface area contributed by atoms with Crippen molar-refractivity contribution >= 4 is 21.4 Å². The van der Waals surface area contributed by atoms with E-state index in [1.54, 1.807) is 19.9 Å². The molecule has 0 amide bonds. The molecule has 0 radical (unpaired) electrons. The summed E-state index contributed by atoms with van der Waals surface area (Å²) < 4.78 is 28.4. The molecule has 0 saturated heterocycles. The number of pyridine rings is 1. The highest BCUT2D eigenvalue weighted by Gasteiger charge is 2.15. The van der Waals surface area contributed by atoms with E-state index < -0.39 is 10.0 Å². The van der Waals surface area contributed by atoms with Gasteiger partial charge in [0.05, 0.1) is 10.6 Å². The zero-order valence-electron chi connectivity index (χ0n) is 11.8. The van der Waals surface area contributed by atoms with Crippen molar-refractivity contribution < 1.29 is 8.42 Å². The van der Waals surface area contributed by atoms with Gasteiger partial charge in [0.15, 0.2) is 0 Å². The summed E-state index contributed by atoms with van der Waals surface area (Å²) in [5, 5.41) is 0. The molecule has 0 aliphatic rings. The molecule has 0 spiro atoms. The van der Waals surface area contributed by atoms with Gasteiger partial charge in [0.2, 0.25) is 0 Å². The highest BCUT2D eigenvalue weighted by atomic mass is 32.2. The van der Waals surface area contributed by atoms with Crippen molar-refractivity contribution in [1.29, 1.82) is 0 Å². The van der Waals surface area contributed by atoms with Crippen LogP contribution in [0.3, 0.4) is 0 Å². The molecule has 7 heteroatoms. The SMILES string of the molecule is CCn1cc(NS(=O)(=O)c2ccc(C)c(N)c2)ccc1=O. The largest absolute Gasteiger partial charge is 0.398 e. The number of hydrogen-bond acceptors (Lipinski definition) is 4. The first kappa shape index (κ1) is 15.1. The molecule has 0 saturated carbocycles. The molecule has 1 heterocycles. The van der Waals surface area contributed by atoms with E-state index in [-0.39, 0.29) is 10.5 Å². The van der Waals surface area contributed by atoms with E-state index in [2.05, 4.69) is 4.72 Å². The van der Waals surface area contributed by atoms with Crippen LogP contribution in [0.5, 0.6) is 0 Å². The Morgan fingerprint density at radius 3 is 2.57 bits per heavy atom. The Morgan fingerprint density at radius 2 is 1.95 bits per heavy atom. The number of nitrogens with zero attached hydrogens (tertiary/aromatic N) is 1. The van der Waals surface area contributed by atoms with Crippen molar-refractivity contribution in [1.82, 2.24) is 4.57 Å². The summed E-state index contributed by atoms with van der Waals surface area (Å²) in [6.07, 6.45) is 1.47. The molecule has 112 valence electrons. The number of anilines is 2. The number of sulfonamides is 1. The van der Waals surface area contributed by atoms with Crippen LogP contribution < -0.4 is 16.0 Å². The molecule has 21 heavy (non-hydrogen) atoms. The summed E-state index contributed by atoms with van der Waals surface area (Å²) in [4.78, 5) is 11.6. The minimum atomic E-state index is -3.74. The molecule has 0 atom stereocenters. The molecular formula is C14H17N3O3S. The first-order valence-corrected chi connectivity index (χ1v) is 7.91. The molecule has 3 N–H and O–H groups in total. The highest BCUT2D eigenvalue weighted by Crippen LogP contribution is 2.19. The van der Waals surface area contributed by atoms with Crippen molar-refractivity contribution in [2.24, 2.45) is 0 Å². The van der Waals surface area contributed by atoms with Crippen LogP contribution in [-0.4, -0.2) is 13.0 Å². The van der Waals surface area contributed by atoms with E-state index in [0.717, 1.165) is 5.56 Å². The average molecular weight is 307 g/mol. The van der Waals surface area contributed by atoms with E-state index in [9.17, 15) is 13.2 Å². The van der Waals surface area contributed by atoms with Crippen LogP contribution >= 0.6 is 0 Å². The first-order valence-electron chi connectivity index (χ1n) is 6.43. The molecule has 0 unspecified atom stereocenters. The fourth-order valence-corrected chi connectivity index (χ4v) is 2.92. The number of aromatic nitrogens is 1. The number of hydrogen-bond donors (Lipinski definition) is 2. The molecule has 2 aromatic rings. The van der Waals surface area contributed by atoms with Crippen molar-refractivity contribution in [2.45, 2.75) is 25.3 Å². The predicted molar refractivity (Wildman–Crippen MR) is 82.8 cm³/mol. The third kappa shape index (κ3) is 3.25. The summed E-state index contributed by atoms with van der Waals surface area (Å²) in [5.41, 5.74) is 7.11. The second kappa shape index (κ2) is 5.61. The van der Waals surface area contributed by atoms with E-state index in [1.807, 2.05) is 0 Å². The maximum atomic E-state index is 12.3. The lowest BCUT2D eigenvalue weighted by Crippen LogP contribution is -2.20. The van der Waals surface area contributed by atoms with Crippen LogP contribution in [0.2, 0.25) is 0 Å². The maximum absolute atomic E-state index is 12.3. The van der Waals surface area contributed by atoms with Crippen molar-refractivity contribution in [3.8, 4) is 0 Å². The topological polar surface area (TPSA) is 94.2 Å². The van der Waals surface area contributed by atoms with Gasteiger partial charge in [0, 0.05) is 24.5 Å². The fourth-order valence-electron chi connectivity index (χ4n) is 1.84. The van der Waals surface area contributed by atoms with Crippen LogP contribution in [0.1, 0.15) is 12.5 Å². The molecule has 0 fully saturated rings. The Balaban J connectivity index is 2.37. The standard InChI is InChI=1S/C14H17N3O3S/c1-3-17-9-11(5-7-14(17)18)16-21(19,20)12-6-4-10(2)13(15)8-12/h4-9,16H,3,15H2,1-2H3. The van der Waals surface area contributed by atoms with Crippen LogP contribution in [-0.2, 0) is 16.6 Å².